The van der Waals surface area contributed by atoms with E-state index in [9.17, 15) is 13.0 Å². The lowest BCUT2D eigenvalue weighted by Crippen LogP contribution is -2.04. The van der Waals surface area contributed by atoms with E-state index in [0.717, 1.165) is 35.6 Å². The topological polar surface area (TPSA) is 54.4 Å². The van der Waals surface area contributed by atoms with Gasteiger partial charge in [0.15, 0.2) is 0 Å². The Kier molecular flexibility index (Phi) is 20.2. The molecular weight excluding hydrogens is 536 g/mol. The van der Waals surface area contributed by atoms with Crippen LogP contribution >= 0.6 is 0 Å². The Morgan fingerprint density at radius 1 is 0.500 bits per heavy atom. The lowest BCUT2D eigenvalue weighted by molar-refractivity contribution is 0.481. The number of hydrogen-bond acceptors (Lipinski definition) is 2. The molecule has 0 unspecified atom stereocenters. The fraction of sp³-hybridized carbons (Fsp3) is 0.737. The van der Waals surface area contributed by atoms with Gasteiger partial charge in [-0.05, 0) is 59.7 Å². The molecule has 2 aromatic carbocycles. The van der Waals surface area contributed by atoms with E-state index in [4.69, 9.17) is 0 Å². The molecule has 3 nitrogen and oxygen atoms in total. The summed E-state index contributed by atoms with van der Waals surface area (Å²) in [5.74, 6) is 0. The predicted molar refractivity (Wildman–Crippen MR) is 183 cm³/mol. The van der Waals surface area contributed by atoms with Crippen LogP contribution in [-0.4, -0.2) is 13.0 Å². The highest BCUT2D eigenvalue weighted by Gasteiger charge is 2.17. The van der Waals surface area contributed by atoms with E-state index < -0.39 is 10.1 Å². The summed E-state index contributed by atoms with van der Waals surface area (Å²) in [7, 11) is -4.24. The lowest BCUT2D eigenvalue weighted by atomic mass is 9.95. The normalized spacial score (nSPS) is 12.0. The van der Waals surface area contributed by atoms with Crippen LogP contribution in [0.15, 0.2) is 35.2 Å². The van der Waals surface area contributed by atoms with Crippen molar-refractivity contribution < 1.29 is 13.0 Å². The molecule has 2 rings (SSSR count). The molecule has 1 N–H and O–H groups in total. The largest absolute Gasteiger partial charge is 0.294 e. The minimum atomic E-state index is -4.24. The second-order valence-electron chi connectivity index (χ2n) is 12.9. The molecule has 0 aliphatic rings. The van der Waals surface area contributed by atoms with Crippen molar-refractivity contribution in [3.8, 4) is 0 Å². The molecule has 42 heavy (non-hydrogen) atoms. The zero-order valence-corrected chi connectivity index (χ0v) is 28.3. The average molecular weight is 601 g/mol. The van der Waals surface area contributed by atoms with Gasteiger partial charge in [-0.2, -0.15) is 8.42 Å². The van der Waals surface area contributed by atoms with Gasteiger partial charge in [0.2, 0.25) is 0 Å². The third-order valence-corrected chi connectivity index (χ3v) is 9.96. The van der Waals surface area contributed by atoms with Crippen molar-refractivity contribution >= 4 is 20.9 Å². The Balaban J connectivity index is 1.76. The van der Waals surface area contributed by atoms with Gasteiger partial charge < -0.3 is 0 Å². The van der Waals surface area contributed by atoms with E-state index in [1.165, 1.54) is 147 Å². The molecule has 0 aromatic heterocycles. The molecule has 0 heterocycles. The molecule has 4 heteroatoms. The fourth-order valence-electron chi connectivity index (χ4n) is 6.38. The quantitative estimate of drug-likeness (QED) is 0.0819. The van der Waals surface area contributed by atoms with Crippen LogP contribution in [0.1, 0.15) is 179 Å². The Morgan fingerprint density at radius 2 is 0.881 bits per heavy atom. The van der Waals surface area contributed by atoms with Crippen LogP contribution in [0.25, 0.3) is 10.8 Å². The van der Waals surface area contributed by atoms with Gasteiger partial charge in [-0.15, -0.1) is 0 Å². The Bertz CT molecular complexity index is 1060. The van der Waals surface area contributed by atoms with Crippen LogP contribution < -0.4 is 0 Å². The predicted octanol–water partition coefficient (Wildman–Crippen LogP) is 12.6. The molecule has 0 bridgehead atoms. The van der Waals surface area contributed by atoms with E-state index >= 15 is 0 Å². The summed E-state index contributed by atoms with van der Waals surface area (Å²) in [5, 5.41) is 2.07. The molecule has 0 saturated heterocycles. The molecule has 2 aromatic rings. The maximum absolute atomic E-state index is 12.3. The SMILES string of the molecule is CCCCCCCCCCCCCCc1cc2c(CCCCCCCCCCCCCC)cccc2cc1S(=O)(=O)O. The molecule has 0 atom stereocenters. The van der Waals surface area contributed by atoms with Gasteiger partial charge in [0.25, 0.3) is 10.1 Å². The van der Waals surface area contributed by atoms with Gasteiger partial charge in [0, 0.05) is 0 Å². The number of aryl methyl sites for hydroxylation is 2. The standard InChI is InChI=1S/C38H64O3S/c1-3-5-7-9-11-13-15-17-19-21-23-25-28-34-30-27-31-35-33-38(42(39,40)41)36(32-37(34)35)29-26-24-22-20-18-16-14-12-10-8-6-4-2/h27,30-33H,3-26,28-29H2,1-2H3,(H,39,40,41). The highest BCUT2D eigenvalue weighted by atomic mass is 32.2. The average Bonchev–Trinajstić information content (AvgIpc) is 2.97. The third kappa shape index (κ3) is 15.9. The molecule has 0 fully saturated rings. The van der Waals surface area contributed by atoms with E-state index in [1.54, 1.807) is 6.07 Å². The van der Waals surface area contributed by atoms with Crippen LogP contribution in [0.5, 0.6) is 0 Å². The highest BCUT2D eigenvalue weighted by Crippen LogP contribution is 2.29. The van der Waals surface area contributed by atoms with Crippen LogP contribution in [-0.2, 0) is 23.0 Å². The van der Waals surface area contributed by atoms with Crippen molar-refractivity contribution in [3.63, 3.8) is 0 Å². The van der Waals surface area contributed by atoms with E-state index in [-0.39, 0.29) is 4.90 Å². The number of fused-ring (bicyclic) bond motifs is 1. The Labute approximate surface area is 260 Å². The van der Waals surface area contributed by atoms with Gasteiger partial charge in [-0.1, -0.05) is 173 Å². The van der Waals surface area contributed by atoms with Crippen LogP contribution in [0.2, 0.25) is 0 Å². The van der Waals surface area contributed by atoms with Crippen LogP contribution in [0.3, 0.4) is 0 Å². The zero-order valence-electron chi connectivity index (χ0n) is 27.4. The fourth-order valence-corrected chi connectivity index (χ4v) is 7.15. The number of hydrogen-bond donors (Lipinski definition) is 1. The third-order valence-electron chi connectivity index (χ3n) is 9.03. The van der Waals surface area contributed by atoms with Gasteiger partial charge in [0.1, 0.15) is 0 Å². The van der Waals surface area contributed by atoms with E-state index in [1.807, 2.05) is 12.1 Å². The maximum Gasteiger partial charge on any atom is 0.294 e. The Hall–Kier alpha value is -1.39. The summed E-state index contributed by atoms with van der Waals surface area (Å²) in [6.07, 6.45) is 33.3. The summed E-state index contributed by atoms with van der Waals surface area (Å²) < 4.78 is 34.5. The maximum atomic E-state index is 12.3. The molecule has 0 aliphatic carbocycles. The van der Waals surface area contributed by atoms with Crippen LogP contribution in [0, 0.1) is 0 Å². The molecule has 0 saturated carbocycles. The number of benzene rings is 2. The molecule has 0 radical (unpaired) electrons. The molecular formula is C38H64O3S. The monoisotopic (exact) mass is 600 g/mol. The summed E-state index contributed by atoms with van der Waals surface area (Å²) >= 11 is 0. The van der Waals surface area contributed by atoms with Crippen molar-refractivity contribution in [2.24, 2.45) is 0 Å². The van der Waals surface area contributed by atoms with Crippen LogP contribution in [0.4, 0.5) is 0 Å². The van der Waals surface area contributed by atoms with Gasteiger partial charge in [-0.3, -0.25) is 4.55 Å². The van der Waals surface area contributed by atoms with Crippen molar-refractivity contribution in [1.29, 1.82) is 0 Å². The first-order valence-electron chi connectivity index (χ1n) is 18.0. The minimum Gasteiger partial charge on any atom is -0.282 e. The van der Waals surface area contributed by atoms with Gasteiger partial charge >= 0.3 is 0 Å². The summed E-state index contributed by atoms with van der Waals surface area (Å²) in [6.45, 7) is 4.54. The van der Waals surface area contributed by atoms with E-state index in [0.29, 0.717) is 6.42 Å². The Morgan fingerprint density at radius 3 is 1.29 bits per heavy atom. The first-order valence-corrected chi connectivity index (χ1v) is 19.4. The van der Waals surface area contributed by atoms with Gasteiger partial charge in [0.05, 0.1) is 4.90 Å². The molecule has 0 amide bonds. The van der Waals surface area contributed by atoms with E-state index in [2.05, 4.69) is 26.0 Å². The number of rotatable bonds is 27. The van der Waals surface area contributed by atoms with Crippen molar-refractivity contribution in [3.05, 3.63) is 41.5 Å². The second-order valence-corrected chi connectivity index (χ2v) is 14.2. The smallest absolute Gasteiger partial charge is 0.282 e. The van der Waals surface area contributed by atoms with Crippen molar-refractivity contribution in [2.75, 3.05) is 0 Å². The first kappa shape index (κ1) is 36.8. The highest BCUT2D eigenvalue weighted by molar-refractivity contribution is 7.85. The number of unbranched alkanes of at least 4 members (excludes halogenated alkanes) is 22. The summed E-state index contributed by atoms with van der Waals surface area (Å²) in [6, 6.07) is 9.96. The first-order chi connectivity index (χ1) is 20.5. The molecule has 240 valence electrons. The minimum absolute atomic E-state index is 0.0978. The zero-order chi connectivity index (χ0) is 30.3. The molecule has 0 aliphatic heterocycles. The van der Waals surface area contributed by atoms with Crippen molar-refractivity contribution in [2.45, 2.75) is 186 Å². The summed E-state index contributed by atoms with van der Waals surface area (Å²) in [5.41, 5.74) is 2.08. The summed E-state index contributed by atoms with van der Waals surface area (Å²) in [4.78, 5) is 0.0978. The second kappa shape index (κ2) is 23.1. The van der Waals surface area contributed by atoms with Gasteiger partial charge in [-0.25, -0.2) is 0 Å². The van der Waals surface area contributed by atoms with Crippen molar-refractivity contribution in [1.82, 2.24) is 0 Å². The molecule has 0 spiro atoms. The lowest BCUT2D eigenvalue weighted by Gasteiger charge is -2.13.